The standard InChI is InChI=1S/C15H20N2O4S/c18-15(19)13-12-9-7-17(4-6-20-9)8-10(12)22-14(13)16-11-3-1-2-5-21-11/h9,11,16H,1-8H2,(H,18,19). The van der Waals surface area contributed by atoms with Crippen LogP contribution in [0.4, 0.5) is 5.00 Å². The number of carboxylic acid groups (broad SMARTS) is 1. The lowest BCUT2D eigenvalue weighted by Gasteiger charge is -2.37. The van der Waals surface area contributed by atoms with E-state index in [4.69, 9.17) is 9.47 Å². The molecule has 2 N–H and O–H groups in total. The van der Waals surface area contributed by atoms with E-state index in [1.54, 1.807) is 11.3 Å². The number of rotatable bonds is 3. The molecule has 2 fully saturated rings. The molecule has 3 aliphatic rings. The normalized spacial score (nSPS) is 30.6. The van der Waals surface area contributed by atoms with E-state index in [2.05, 4.69) is 10.2 Å². The van der Waals surface area contributed by atoms with Gasteiger partial charge in [-0.05, 0) is 19.3 Å². The highest BCUT2D eigenvalue weighted by atomic mass is 32.1. The number of ether oxygens (including phenoxy) is 2. The summed E-state index contributed by atoms with van der Waals surface area (Å²) < 4.78 is 11.5. The number of fused-ring (bicyclic) bond motifs is 4. The third-order valence-electron chi connectivity index (χ3n) is 4.55. The van der Waals surface area contributed by atoms with Crippen LogP contribution in [0.5, 0.6) is 0 Å². The maximum absolute atomic E-state index is 11.8. The smallest absolute Gasteiger partial charge is 0.339 e. The second-order valence-electron chi connectivity index (χ2n) is 6.04. The average molecular weight is 324 g/mol. The SMILES string of the molecule is O=C(O)c1c(NC2CCCCO2)sc2c1C1CN(CCO1)C2. The molecule has 7 heteroatoms. The Balaban J connectivity index is 1.68. The Morgan fingerprint density at radius 1 is 1.32 bits per heavy atom. The fourth-order valence-corrected chi connectivity index (χ4v) is 4.81. The van der Waals surface area contributed by atoms with Gasteiger partial charge >= 0.3 is 5.97 Å². The first-order valence-electron chi connectivity index (χ1n) is 7.83. The van der Waals surface area contributed by atoms with E-state index in [-0.39, 0.29) is 12.3 Å². The van der Waals surface area contributed by atoms with Gasteiger partial charge in [0.05, 0.1) is 18.3 Å². The van der Waals surface area contributed by atoms with Crippen molar-refractivity contribution in [1.29, 1.82) is 0 Å². The summed E-state index contributed by atoms with van der Waals surface area (Å²) >= 11 is 1.55. The Hall–Kier alpha value is -1.15. The Morgan fingerprint density at radius 2 is 2.23 bits per heavy atom. The van der Waals surface area contributed by atoms with Gasteiger partial charge < -0.3 is 19.9 Å². The number of thiophene rings is 1. The fourth-order valence-electron chi connectivity index (χ4n) is 3.49. The maximum atomic E-state index is 11.8. The van der Waals surface area contributed by atoms with Crippen molar-refractivity contribution in [3.8, 4) is 0 Å². The van der Waals surface area contributed by atoms with E-state index in [1.165, 1.54) is 0 Å². The summed E-state index contributed by atoms with van der Waals surface area (Å²) in [7, 11) is 0. The zero-order valence-electron chi connectivity index (χ0n) is 12.3. The average Bonchev–Trinajstić information content (AvgIpc) is 2.87. The third kappa shape index (κ3) is 2.52. The molecule has 6 nitrogen and oxygen atoms in total. The van der Waals surface area contributed by atoms with Crippen molar-refractivity contribution in [3.05, 3.63) is 16.0 Å². The summed E-state index contributed by atoms with van der Waals surface area (Å²) in [6, 6.07) is 0. The summed E-state index contributed by atoms with van der Waals surface area (Å²) in [6.07, 6.45) is 2.93. The van der Waals surface area contributed by atoms with Crippen LogP contribution in [-0.4, -0.2) is 48.5 Å². The maximum Gasteiger partial charge on any atom is 0.339 e. The molecule has 4 rings (SSSR count). The highest BCUT2D eigenvalue weighted by Crippen LogP contribution is 2.43. The zero-order valence-corrected chi connectivity index (χ0v) is 13.2. The van der Waals surface area contributed by atoms with Crippen LogP contribution in [0.1, 0.15) is 46.2 Å². The molecule has 2 bridgehead atoms. The van der Waals surface area contributed by atoms with Crippen molar-refractivity contribution < 1.29 is 19.4 Å². The lowest BCUT2D eigenvalue weighted by Crippen LogP contribution is -2.41. The van der Waals surface area contributed by atoms with Crippen molar-refractivity contribution in [2.24, 2.45) is 0 Å². The van der Waals surface area contributed by atoms with Crippen LogP contribution in [0.2, 0.25) is 0 Å². The van der Waals surface area contributed by atoms with Crippen LogP contribution in [0.25, 0.3) is 0 Å². The van der Waals surface area contributed by atoms with E-state index < -0.39 is 5.97 Å². The second kappa shape index (κ2) is 5.81. The summed E-state index contributed by atoms with van der Waals surface area (Å²) in [5, 5.41) is 13.7. The first-order valence-corrected chi connectivity index (χ1v) is 8.65. The Kier molecular flexibility index (Phi) is 3.81. The lowest BCUT2D eigenvalue weighted by atomic mass is 9.98. The summed E-state index contributed by atoms with van der Waals surface area (Å²) in [5.74, 6) is -0.876. The molecule has 0 radical (unpaired) electrons. The number of anilines is 1. The van der Waals surface area contributed by atoms with E-state index in [1.807, 2.05) is 0 Å². The minimum atomic E-state index is -0.876. The van der Waals surface area contributed by atoms with Gasteiger partial charge in [-0.15, -0.1) is 11.3 Å². The molecule has 4 heterocycles. The Morgan fingerprint density at radius 3 is 3.00 bits per heavy atom. The molecule has 120 valence electrons. The molecule has 0 amide bonds. The van der Waals surface area contributed by atoms with Crippen LogP contribution in [-0.2, 0) is 16.0 Å². The first-order chi connectivity index (χ1) is 10.7. The van der Waals surface area contributed by atoms with Crippen molar-refractivity contribution in [1.82, 2.24) is 4.90 Å². The molecule has 0 aromatic carbocycles. The zero-order chi connectivity index (χ0) is 15.1. The van der Waals surface area contributed by atoms with Crippen LogP contribution in [0.3, 0.4) is 0 Å². The predicted octanol–water partition coefficient (Wildman–Crippen LogP) is 2.27. The van der Waals surface area contributed by atoms with Crippen LogP contribution < -0.4 is 5.32 Å². The van der Waals surface area contributed by atoms with Crippen molar-refractivity contribution in [2.45, 2.75) is 38.1 Å². The topological polar surface area (TPSA) is 71.0 Å². The van der Waals surface area contributed by atoms with Gasteiger partial charge in [0, 0.05) is 36.7 Å². The van der Waals surface area contributed by atoms with Gasteiger partial charge in [-0.3, -0.25) is 4.90 Å². The van der Waals surface area contributed by atoms with E-state index in [9.17, 15) is 9.90 Å². The molecule has 3 atom stereocenters. The van der Waals surface area contributed by atoms with Crippen molar-refractivity contribution in [2.75, 3.05) is 31.6 Å². The van der Waals surface area contributed by atoms with Gasteiger partial charge in [-0.1, -0.05) is 0 Å². The largest absolute Gasteiger partial charge is 0.478 e. The summed E-state index contributed by atoms with van der Waals surface area (Å²) in [6.45, 7) is 3.96. The number of hydrogen-bond donors (Lipinski definition) is 2. The van der Waals surface area contributed by atoms with Crippen molar-refractivity contribution in [3.63, 3.8) is 0 Å². The van der Waals surface area contributed by atoms with E-state index >= 15 is 0 Å². The molecule has 0 spiro atoms. The highest BCUT2D eigenvalue weighted by molar-refractivity contribution is 7.16. The summed E-state index contributed by atoms with van der Waals surface area (Å²) in [5.41, 5.74) is 1.27. The van der Waals surface area contributed by atoms with Crippen molar-refractivity contribution >= 4 is 22.3 Å². The molecular formula is C15H20N2O4S. The number of carbonyl (C=O) groups is 1. The minimum Gasteiger partial charge on any atom is -0.478 e. The van der Waals surface area contributed by atoms with Gasteiger partial charge in [-0.25, -0.2) is 4.79 Å². The number of nitrogens with one attached hydrogen (secondary N) is 1. The van der Waals surface area contributed by atoms with Gasteiger partial charge in [0.15, 0.2) is 0 Å². The first kappa shape index (κ1) is 14.4. The molecular weight excluding hydrogens is 304 g/mol. The van der Waals surface area contributed by atoms with Gasteiger partial charge in [0.25, 0.3) is 0 Å². The van der Waals surface area contributed by atoms with Crippen LogP contribution in [0, 0.1) is 0 Å². The molecule has 1 aromatic rings. The van der Waals surface area contributed by atoms with Crippen LogP contribution >= 0.6 is 11.3 Å². The summed E-state index contributed by atoms with van der Waals surface area (Å²) in [4.78, 5) is 15.3. The van der Waals surface area contributed by atoms with Gasteiger partial charge in [0.1, 0.15) is 11.2 Å². The predicted molar refractivity (Wildman–Crippen MR) is 82.5 cm³/mol. The molecule has 2 saturated heterocycles. The quantitative estimate of drug-likeness (QED) is 0.889. The molecule has 0 saturated carbocycles. The lowest BCUT2D eigenvalue weighted by molar-refractivity contribution is -0.0431. The number of carboxylic acids is 1. The minimum absolute atomic E-state index is 0.0763. The number of morpholine rings is 1. The monoisotopic (exact) mass is 324 g/mol. The fraction of sp³-hybridized carbons (Fsp3) is 0.667. The number of nitrogens with zero attached hydrogens (tertiary/aromatic N) is 1. The van der Waals surface area contributed by atoms with Gasteiger partial charge in [-0.2, -0.15) is 0 Å². The number of aromatic carboxylic acids is 1. The number of hydrogen-bond acceptors (Lipinski definition) is 6. The second-order valence-corrected chi connectivity index (χ2v) is 7.15. The van der Waals surface area contributed by atoms with E-state index in [0.29, 0.717) is 12.2 Å². The van der Waals surface area contributed by atoms with E-state index in [0.717, 1.165) is 60.9 Å². The molecule has 1 aromatic heterocycles. The molecule has 3 unspecified atom stereocenters. The Labute approximate surface area is 133 Å². The third-order valence-corrected chi connectivity index (χ3v) is 5.67. The molecule has 22 heavy (non-hydrogen) atoms. The van der Waals surface area contributed by atoms with Gasteiger partial charge in [0.2, 0.25) is 0 Å². The molecule has 3 aliphatic heterocycles. The molecule has 0 aliphatic carbocycles. The van der Waals surface area contributed by atoms with Crippen LogP contribution in [0.15, 0.2) is 0 Å². The highest BCUT2D eigenvalue weighted by Gasteiger charge is 2.37. The Bertz CT molecular complexity index is 582.